The van der Waals surface area contributed by atoms with Crippen LogP contribution in [0.25, 0.3) is 0 Å². The van der Waals surface area contributed by atoms with Gasteiger partial charge in [-0.05, 0) is 61.4 Å². The van der Waals surface area contributed by atoms with Crippen LogP contribution in [-0.2, 0) is 5.54 Å². The van der Waals surface area contributed by atoms with Crippen LogP contribution in [0.1, 0.15) is 39.8 Å². The van der Waals surface area contributed by atoms with Gasteiger partial charge in [0.15, 0.2) is 5.17 Å². The first-order valence-corrected chi connectivity index (χ1v) is 11.6. The van der Waals surface area contributed by atoms with E-state index in [1.165, 1.54) is 24.0 Å². The average molecular weight is 480 g/mol. The zero-order valence-corrected chi connectivity index (χ0v) is 19.4. The highest BCUT2D eigenvalue weighted by molar-refractivity contribution is 8.13. The van der Waals surface area contributed by atoms with Crippen molar-refractivity contribution in [1.29, 1.82) is 0 Å². The highest BCUT2D eigenvalue weighted by Crippen LogP contribution is 2.37. The van der Waals surface area contributed by atoms with E-state index in [0.717, 1.165) is 17.7 Å². The third kappa shape index (κ3) is 5.53. The van der Waals surface area contributed by atoms with Gasteiger partial charge in [0.1, 0.15) is 5.69 Å². The SMILES string of the molecule is CC1(c2cc(NC(=O)c3ccc(Cl)cn3)cc(C(=O)Nc3ccccc3)c2)CCSC(N)=N1. The number of benzene rings is 2. The molecule has 2 heterocycles. The zero-order valence-electron chi connectivity index (χ0n) is 17.8. The summed E-state index contributed by atoms with van der Waals surface area (Å²) in [5.74, 6) is 0.0994. The number of para-hydroxylation sites is 1. The first-order valence-electron chi connectivity index (χ1n) is 10.3. The van der Waals surface area contributed by atoms with Gasteiger partial charge in [0.2, 0.25) is 0 Å². The number of carbonyl (C=O) groups excluding carboxylic acids is 2. The Balaban J connectivity index is 1.69. The fourth-order valence-electron chi connectivity index (χ4n) is 3.47. The smallest absolute Gasteiger partial charge is 0.274 e. The van der Waals surface area contributed by atoms with Crippen molar-refractivity contribution in [2.75, 3.05) is 16.4 Å². The lowest BCUT2D eigenvalue weighted by Gasteiger charge is -2.30. The first-order chi connectivity index (χ1) is 15.8. The van der Waals surface area contributed by atoms with E-state index in [-0.39, 0.29) is 11.6 Å². The number of carbonyl (C=O) groups is 2. The summed E-state index contributed by atoms with van der Waals surface area (Å²) in [5.41, 5.74) is 7.90. The van der Waals surface area contributed by atoms with E-state index in [1.807, 2.05) is 31.2 Å². The van der Waals surface area contributed by atoms with Gasteiger partial charge < -0.3 is 16.4 Å². The lowest BCUT2D eigenvalue weighted by Crippen LogP contribution is -2.29. The van der Waals surface area contributed by atoms with Crippen LogP contribution in [0.3, 0.4) is 0 Å². The fourth-order valence-corrected chi connectivity index (χ4v) is 4.55. The summed E-state index contributed by atoms with van der Waals surface area (Å²) in [7, 11) is 0. The van der Waals surface area contributed by atoms with Crippen molar-refractivity contribution >= 4 is 51.7 Å². The number of amides is 2. The van der Waals surface area contributed by atoms with Crippen molar-refractivity contribution in [1.82, 2.24) is 4.98 Å². The van der Waals surface area contributed by atoms with Gasteiger partial charge in [-0.3, -0.25) is 14.6 Å². The van der Waals surface area contributed by atoms with Crippen molar-refractivity contribution < 1.29 is 9.59 Å². The van der Waals surface area contributed by atoms with E-state index in [2.05, 4.69) is 20.6 Å². The summed E-state index contributed by atoms with van der Waals surface area (Å²) < 4.78 is 0. The van der Waals surface area contributed by atoms with Crippen molar-refractivity contribution in [3.8, 4) is 0 Å². The van der Waals surface area contributed by atoms with Gasteiger partial charge in [0, 0.05) is 28.9 Å². The first kappa shape index (κ1) is 22.8. The highest BCUT2D eigenvalue weighted by Gasteiger charge is 2.31. The molecule has 1 aliphatic heterocycles. The molecule has 3 aromatic rings. The standard InChI is InChI=1S/C24H22ClN5O2S/c1-24(9-10-33-23(26)30-24)16-11-15(21(31)28-18-5-3-2-4-6-18)12-19(13-16)29-22(32)20-8-7-17(25)14-27-20/h2-8,11-14H,9-10H2,1H3,(H2,26,30)(H,28,31)(H,29,32). The van der Waals surface area contributed by atoms with Gasteiger partial charge >= 0.3 is 0 Å². The Morgan fingerprint density at radius 3 is 2.48 bits per heavy atom. The van der Waals surface area contributed by atoms with E-state index in [0.29, 0.717) is 27.1 Å². The van der Waals surface area contributed by atoms with Crippen molar-refractivity contribution in [2.24, 2.45) is 10.7 Å². The molecule has 4 rings (SSSR count). The number of aromatic nitrogens is 1. The minimum atomic E-state index is -0.615. The Hall–Kier alpha value is -3.36. The molecule has 1 unspecified atom stereocenters. The number of nitrogens with zero attached hydrogens (tertiary/aromatic N) is 2. The van der Waals surface area contributed by atoms with Crippen molar-refractivity contribution in [2.45, 2.75) is 18.9 Å². The number of thioether (sulfide) groups is 1. The third-order valence-electron chi connectivity index (χ3n) is 5.26. The van der Waals surface area contributed by atoms with Crippen LogP contribution in [0.15, 0.2) is 71.9 Å². The number of anilines is 2. The van der Waals surface area contributed by atoms with Crippen LogP contribution in [0.4, 0.5) is 11.4 Å². The Kier molecular flexibility index (Phi) is 6.67. The minimum Gasteiger partial charge on any atom is -0.379 e. The Morgan fingerprint density at radius 1 is 1.03 bits per heavy atom. The second-order valence-electron chi connectivity index (χ2n) is 7.76. The van der Waals surface area contributed by atoms with Gasteiger partial charge in [-0.15, -0.1) is 0 Å². The molecule has 0 fully saturated rings. The quantitative estimate of drug-likeness (QED) is 0.481. The monoisotopic (exact) mass is 479 g/mol. The largest absolute Gasteiger partial charge is 0.379 e. The maximum atomic E-state index is 13.0. The van der Waals surface area contributed by atoms with Crippen LogP contribution < -0.4 is 16.4 Å². The number of aliphatic imine (C=N–C) groups is 1. The summed E-state index contributed by atoms with van der Waals surface area (Å²) in [6.07, 6.45) is 2.15. The number of amidine groups is 1. The molecule has 0 spiro atoms. The van der Waals surface area contributed by atoms with E-state index in [1.54, 1.807) is 30.3 Å². The molecule has 1 aliphatic rings. The molecule has 9 heteroatoms. The Labute approximate surface area is 200 Å². The molecule has 33 heavy (non-hydrogen) atoms. The predicted octanol–water partition coefficient (Wildman–Crippen LogP) is 4.91. The molecule has 0 bridgehead atoms. The highest BCUT2D eigenvalue weighted by atomic mass is 35.5. The van der Waals surface area contributed by atoms with Crippen LogP contribution in [-0.4, -0.2) is 27.7 Å². The summed E-state index contributed by atoms with van der Waals surface area (Å²) in [6.45, 7) is 1.97. The van der Waals surface area contributed by atoms with Crippen LogP contribution in [0.5, 0.6) is 0 Å². The molecule has 0 saturated carbocycles. The summed E-state index contributed by atoms with van der Waals surface area (Å²) in [6, 6.07) is 17.5. The Bertz CT molecular complexity index is 1220. The zero-order chi connectivity index (χ0) is 23.4. The number of nitrogens with two attached hydrogens (primary N) is 1. The van der Waals surface area contributed by atoms with Gasteiger partial charge in [-0.25, -0.2) is 4.98 Å². The van der Waals surface area contributed by atoms with E-state index in [4.69, 9.17) is 17.3 Å². The molecular weight excluding hydrogens is 458 g/mol. The summed E-state index contributed by atoms with van der Waals surface area (Å²) >= 11 is 7.37. The van der Waals surface area contributed by atoms with E-state index < -0.39 is 11.4 Å². The number of halogens is 1. The summed E-state index contributed by atoms with van der Waals surface area (Å²) in [5, 5.41) is 6.66. The van der Waals surface area contributed by atoms with Gasteiger partial charge in [0.25, 0.3) is 11.8 Å². The topological polar surface area (TPSA) is 109 Å². The molecule has 0 radical (unpaired) electrons. The van der Waals surface area contributed by atoms with Gasteiger partial charge in [-0.2, -0.15) is 0 Å². The molecule has 7 nitrogen and oxygen atoms in total. The molecule has 2 aromatic carbocycles. The lowest BCUT2D eigenvalue weighted by atomic mass is 9.88. The van der Waals surface area contributed by atoms with Crippen LogP contribution in [0.2, 0.25) is 5.02 Å². The predicted molar refractivity (Wildman–Crippen MR) is 134 cm³/mol. The van der Waals surface area contributed by atoms with Crippen LogP contribution in [0, 0.1) is 0 Å². The van der Waals surface area contributed by atoms with E-state index in [9.17, 15) is 9.59 Å². The van der Waals surface area contributed by atoms with E-state index >= 15 is 0 Å². The fraction of sp³-hybridized carbons (Fsp3) is 0.167. The lowest BCUT2D eigenvalue weighted by molar-refractivity contribution is 0.101. The van der Waals surface area contributed by atoms with Crippen molar-refractivity contribution in [3.63, 3.8) is 0 Å². The second-order valence-corrected chi connectivity index (χ2v) is 9.31. The summed E-state index contributed by atoms with van der Waals surface area (Å²) in [4.78, 5) is 34.5. The maximum absolute atomic E-state index is 13.0. The second kappa shape index (κ2) is 9.64. The molecular formula is C24H22ClN5O2S. The molecule has 0 aliphatic carbocycles. The average Bonchev–Trinajstić information content (AvgIpc) is 2.80. The maximum Gasteiger partial charge on any atom is 0.274 e. The van der Waals surface area contributed by atoms with Crippen molar-refractivity contribution in [3.05, 3.63) is 88.7 Å². The van der Waals surface area contributed by atoms with Gasteiger partial charge in [-0.1, -0.05) is 41.6 Å². The molecule has 2 amide bonds. The Morgan fingerprint density at radius 2 is 1.79 bits per heavy atom. The molecule has 4 N–H and O–H groups in total. The minimum absolute atomic E-state index is 0.211. The molecule has 0 saturated heterocycles. The normalized spacial score (nSPS) is 17.7. The number of nitrogens with one attached hydrogen (secondary N) is 2. The third-order valence-corrected chi connectivity index (χ3v) is 6.28. The molecule has 1 atom stereocenters. The molecule has 1 aromatic heterocycles. The number of pyridine rings is 1. The molecule has 168 valence electrons. The van der Waals surface area contributed by atoms with Gasteiger partial charge in [0.05, 0.1) is 10.6 Å². The number of hydrogen-bond acceptors (Lipinski definition) is 6. The number of hydrogen-bond donors (Lipinski definition) is 3. The number of rotatable bonds is 5. The van der Waals surface area contributed by atoms with Crippen LogP contribution >= 0.6 is 23.4 Å².